The summed E-state index contributed by atoms with van der Waals surface area (Å²) in [7, 11) is 0. The van der Waals surface area contributed by atoms with Crippen LogP contribution in [-0.4, -0.2) is 45.0 Å². The van der Waals surface area contributed by atoms with Crippen molar-refractivity contribution in [3.63, 3.8) is 0 Å². The van der Waals surface area contributed by atoms with Gasteiger partial charge in [-0.1, -0.05) is 11.6 Å². The molecule has 0 radical (unpaired) electrons. The van der Waals surface area contributed by atoms with Gasteiger partial charge in [0.15, 0.2) is 0 Å². The fourth-order valence-corrected chi connectivity index (χ4v) is 3.75. The number of alkyl halides is 3. The van der Waals surface area contributed by atoms with Gasteiger partial charge in [0.05, 0.1) is 17.8 Å². The number of hydrogen-bond acceptors (Lipinski definition) is 4. The Labute approximate surface area is 175 Å². The van der Waals surface area contributed by atoms with Crippen molar-refractivity contribution in [2.24, 2.45) is 5.92 Å². The first-order chi connectivity index (χ1) is 14.1. The Bertz CT molecular complexity index is 901. The molecule has 3 heterocycles. The van der Waals surface area contributed by atoms with Gasteiger partial charge in [0.2, 0.25) is 5.91 Å². The van der Waals surface area contributed by atoms with Gasteiger partial charge in [-0.3, -0.25) is 4.79 Å². The summed E-state index contributed by atoms with van der Waals surface area (Å²) in [5, 5.41) is 18.7. The van der Waals surface area contributed by atoms with Gasteiger partial charge < -0.3 is 15.7 Å². The second-order valence-corrected chi connectivity index (χ2v) is 7.62. The number of aromatic nitrogens is 2. The highest BCUT2D eigenvalue weighted by Crippen LogP contribution is 2.33. The standard InChI is InChI=1S/C17H19ClN4O.C2HF3O2/c18-12-1-4-14(5-2-12)22-10-11(9-20-22)8-19-17(23)15-7-13-3-6-16(15)21-13;3-2(4,5)1(6)7/h1-2,4-5,9-10,13,15-16,21H,3,6-8H2,(H,19,23);(H,6,7)/t13-,15+,16+;/m0./s1. The number of nitrogens with one attached hydrogen (secondary N) is 2. The number of carbonyl (C=O) groups excluding carboxylic acids is 1. The minimum atomic E-state index is -5.08. The van der Waals surface area contributed by atoms with Crippen LogP contribution in [0.5, 0.6) is 0 Å². The van der Waals surface area contributed by atoms with Crippen LogP contribution >= 0.6 is 11.6 Å². The number of nitrogens with zero attached hydrogens (tertiary/aromatic N) is 2. The molecular formula is C19H20ClF3N4O3. The Morgan fingerprint density at radius 2 is 1.93 bits per heavy atom. The maximum absolute atomic E-state index is 12.3. The van der Waals surface area contributed by atoms with Crippen LogP contribution in [0, 0.1) is 5.92 Å². The number of hydrogen-bond donors (Lipinski definition) is 3. The van der Waals surface area contributed by atoms with Crippen LogP contribution in [0.25, 0.3) is 5.69 Å². The van der Waals surface area contributed by atoms with Crippen molar-refractivity contribution in [1.29, 1.82) is 0 Å². The van der Waals surface area contributed by atoms with Crippen LogP contribution in [0.4, 0.5) is 13.2 Å². The SMILES string of the molecule is O=C(NCc1cnn(-c2ccc(Cl)cc2)c1)[C@@H]1C[C@@H]2CC[C@H]1N2.O=C(O)C(F)(F)F. The summed E-state index contributed by atoms with van der Waals surface area (Å²) in [5.74, 6) is -2.48. The molecule has 0 spiro atoms. The molecule has 30 heavy (non-hydrogen) atoms. The zero-order chi connectivity index (χ0) is 21.9. The highest BCUT2D eigenvalue weighted by Gasteiger charge is 2.42. The Balaban J connectivity index is 0.000000318. The summed E-state index contributed by atoms with van der Waals surface area (Å²) >= 11 is 5.90. The predicted octanol–water partition coefficient (Wildman–Crippen LogP) is 2.92. The monoisotopic (exact) mass is 444 g/mol. The molecule has 1 aromatic heterocycles. The van der Waals surface area contributed by atoms with Gasteiger partial charge in [-0.2, -0.15) is 18.3 Å². The van der Waals surface area contributed by atoms with Gasteiger partial charge in [-0.15, -0.1) is 0 Å². The van der Waals surface area contributed by atoms with Crippen LogP contribution in [0.1, 0.15) is 24.8 Å². The molecular weight excluding hydrogens is 425 g/mol. The van der Waals surface area contributed by atoms with E-state index in [4.69, 9.17) is 21.5 Å². The number of rotatable bonds is 4. The summed E-state index contributed by atoms with van der Waals surface area (Å²) in [6.45, 7) is 0.514. The summed E-state index contributed by atoms with van der Waals surface area (Å²) < 4.78 is 33.5. The van der Waals surface area contributed by atoms with E-state index in [1.165, 1.54) is 6.42 Å². The molecule has 2 saturated heterocycles. The fraction of sp³-hybridized carbons (Fsp3) is 0.421. The number of fused-ring (bicyclic) bond motifs is 2. The second-order valence-electron chi connectivity index (χ2n) is 7.18. The minimum absolute atomic E-state index is 0.125. The van der Waals surface area contributed by atoms with E-state index in [-0.39, 0.29) is 11.8 Å². The third-order valence-corrected chi connectivity index (χ3v) is 5.33. The lowest BCUT2D eigenvalue weighted by Gasteiger charge is -2.19. The van der Waals surface area contributed by atoms with E-state index in [0.29, 0.717) is 23.7 Å². The zero-order valence-electron chi connectivity index (χ0n) is 15.7. The lowest BCUT2D eigenvalue weighted by molar-refractivity contribution is -0.192. The van der Waals surface area contributed by atoms with Gasteiger partial charge in [0, 0.05) is 35.4 Å². The number of carbonyl (C=O) groups is 2. The molecule has 2 fully saturated rings. The summed E-state index contributed by atoms with van der Waals surface area (Å²) in [6.07, 6.45) is 1.94. The molecule has 1 aromatic carbocycles. The third kappa shape index (κ3) is 5.51. The lowest BCUT2D eigenvalue weighted by atomic mass is 9.88. The van der Waals surface area contributed by atoms with Crippen LogP contribution < -0.4 is 10.6 Å². The van der Waals surface area contributed by atoms with Crippen molar-refractivity contribution in [3.8, 4) is 5.69 Å². The number of carboxylic acids is 1. The first kappa shape index (κ1) is 22.1. The molecule has 0 saturated carbocycles. The Morgan fingerprint density at radius 3 is 2.47 bits per heavy atom. The topological polar surface area (TPSA) is 96.3 Å². The van der Waals surface area contributed by atoms with Gasteiger partial charge in [0.25, 0.3) is 0 Å². The van der Waals surface area contributed by atoms with Crippen molar-refractivity contribution >= 4 is 23.5 Å². The van der Waals surface area contributed by atoms with Gasteiger partial charge >= 0.3 is 12.1 Å². The molecule has 2 aromatic rings. The van der Waals surface area contributed by atoms with Crippen LogP contribution in [0.15, 0.2) is 36.7 Å². The summed E-state index contributed by atoms with van der Waals surface area (Å²) in [5.41, 5.74) is 1.94. The fourth-order valence-electron chi connectivity index (χ4n) is 3.62. The van der Waals surface area contributed by atoms with Crippen LogP contribution in [0.2, 0.25) is 5.02 Å². The number of carboxylic acid groups (broad SMARTS) is 1. The van der Waals surface area contributed by atoms with E-state index in [1.807, 2.05) is 30.5 Å². The Hall–Kier alpha value is -2.59. The highest BCUT2D eigenvalue weighted by molar-refractivity contribution is 6.30. The van der Waals surface area contributed by atoms with Gasteiger partial charge in [-0.25, -0.2) is 9.48 Å². The number of amides is 1. The van der Waals surface area contributed by atoms with E-state index >= 15 is 0 Å². The van der Waals surface area contributed by atoms with Crippen molar-refractivity contribution in [3.05, 3.63) is 47.2 Å². The quantitative estimate of drug-likeness (QED) is 0.674. The predicted molar refractivity (Wildman–Crippen MR) is 102 cm³/mol. The van der Waals surface area contributed by atoms with E-state index in [9.17, 15) is 18.0 Å². The largest absolute Gasteiger partial charge is 0.490 e. The maximum atomic E-state index is 12.3. The average molecular weight is 445 g/mol. The van der Waals surface area contributed by atoms with E-state index in [1.54, 1.807) is 10.9 Å². The minimum Gasteiger partial charge on any atom is -0.475 e. The molecule has 2 aliphatic heterocycles. The Morgan fingerprint density at radius 1 is 1.27 bits per heavy atom. The summed E-state index contributed by atoms with van der Waals surface area (Å²) in [4.78, 5) is 21.2. The second kappa shape index (κ2) is 9.05. The molecule has 1 amide bonds. The number of aliphatic carboxylic acids is 1. The first-order valence-electron chi connectivity index (χ1n) is 9.27. The molecule has 162 valence electrons. The third-order valence-electron chi connectivity index (χ3n) is 5.07. The van der Waals surface area contributed by atoms with Crippen LogP contribution in [0.3, 0.4) is 0 Å². The highest BCUT2D eigenvalue weighted by atomic mass is 35.5. The smallest absolute Gasteiger partial charge is 0.475 e. The molecule has 2 bridgehead atoms. The van der Waals surface area contributed by atoms with E-state index in [0.717, 1.165) is 24.1 Å². The van der Waals surface area contributed by atoms with Gasteiger partial charge in [-0.05, 0) is 43.5 Å². The lowest BCUT2D eigenvalue weighted by Crippen LogP contribution is -2.37. The molecule has 7 nitrogen and oxygen atoms in total. The molecule has 2 aliphatic rings. The zero-order valence-corrected chi connectivity index (χ0v) is 16.5. The van der Waals surface area contributed by atoms with Crippen molar-refractivity contribution in [2.45, 2.75) is 44.1 Å². The average Bonchev–Trinajstić information content (AvgIpc) is 3.43. The first-order valence-corrected chi connectivity index (χ1v) is 9.64. The van der Waals surface area contributed by atoms with Gasteiger partial charge in [0.1, 0.15) is 0 Å². The molecule has 3 N–H and O–H groups in total. The van der Waals surface area contributed by atoms with E-state index < -0.39 is 12.1 Å². The number of benzene rings is 1. The molecule has 3 atom stereocenters. The van der Waals surface area contributed by atoms with Crippen molar-refractivity contribution < 1.29 is 27.9 Å². The summed E-state index contributed by atoms with van der Waals surface area (Å²) in [6, 6.07) is 8.42. The Kier molecular flexibility index (Phi) is 6.67. The van der Waals surface area contributed by atoms with Crippen LogP contribution in [-0.2, 0) is 16.1 Å². The molecule has 0 aliphatic carbocycles. The van der Waals surface area contributed by atoms with E-state index in [2.05, 4.69) is 15.7 Å². The molecule has 11 heteroatoms. The molecule has 4 rings (SSSR count). The van der Waals surface area contributed by atoms with Crippen molar-refractivity contribution in [2.75, 3.05) is 0 Å². The maximum Gasteiger partial charge on any atom is 0.490 e. The normalized spacial score (nSPS) is 22.3. The van der Waals surface area contributed by atoms with Crippen molar-refractivity contribution in [1.82, 2.24) is 20.4 Å². The molecule has 0 unspecified atom stereocenters. The number of halogens is 4.